The van der Waals surface area contributed by atoms with Gasteiger partial charge in [-0.3, -0.25) is 0 Å². The smallest absolute Gasteiger partial charge is 0.160 e. The van der Waals surface area contributed by atoms with Gasteiger partial charge in [0.1, 0.15) is 11.6 Å². The SMILES string of the molecule is N#Cc1c(I)ccc(Cl)c1F. The van der Waals surface area contributed by atoms with Crippen LogP contribution in [0, 0.1) is 20.7 Å². The summed E-state index contributed by atoms with van der Waals surface area (Å²) in [6.45, 7) is 0. The summed E-state index contributed by atoms with van der Waals surface area (Å²) in [4.78, 5) is 0. The molecule has 0 saturated carbocycles. The number of rotatable bonds is 0. The van der Waals surface area contributed by atoms with Crippen molar-refractivity contribution in [2.75, 3.05) is 0 Å². The third kappa shape index (κ3) is 1.63. The second kappa shape index (κ2) is 3.37. The monoisotopic (exact) mass is 281 g/mol. The molecule has 0 atom stereocenters. The van der Waals surface area contributed by atoms with Crippen molar-refractivity contribution in [3.05, 3.63) is 32.1 Å². The van der Waals surface area contributed by atoms with Gasteiger partial charge >= 0.3 is 0 Å². The number of nitrogens with zero attached hydrogens (tertiary/aromatic N) is 1. The molecule has 1 nitrogen and oxygen atoms in total. The molecule has 0 aliphatic rings. The molecule has 4 heteroatoms. The second-order valence-corrected chi connectivity index (χ2v) is 3.40. The van der Waals surface area contributed by atoms with Crippen LogP contribution in [0.5, 0.6) is 0 Å². The van der Waals surface area contributed by atoms with Crippen LogP contribution in [0.2, 0.25) is 5.02 Å². The van der Waals surface area contributed by atoms with Crippen LogP contribution in [-0.2, 0) is 0 Å². The molecule has 0 amide bonds. The lowest BCUT2D eigenvalue weighted by molar-refractivity contribution is 0.623. The first-order valence-corrected chi connectivity index (χ1v) is 4.16. The van der Waals surface area contributed by atoms with E-state index >= 15 is 0 Å². The fourth-order valence-electron chi connectivity index (χ4n) is 0.630. The van der Waals surface area contributed by atoms with E-state index in [0.29, 0.717) is 3.57 Å². The topological polar surface area (TPSA) is 23.8 Å². The summed E-state index contributed by atoms with van der Waals surface area (Å²) in [5.74, 6) is -0.638. The van der Waals surface area contributed by atoms with Crippen molar-refractivity contribution in [3.63, 3.8) is 0 Å². The Morgan fingerprint density at radius 2 is 2.18 bits per heavy atom. The van der Waals surface area contributed by atoms with E-state index in [4.69, 9.17) is 16.9 Å². The molecule has 11 heavy (non-hydrogen) atoms. The maximum absolute atomic E-state index is 12.9. The van der Waals surface area contributed by atoms with E-state index in [-0.39, 0.29) is 10.6 Å². The minimum atomic E-state index is -0.638. The van der Waals surface area contributed by atoms with E-state index in [1.807, 2.05) is 22.6 Å². The molecule has 1 rings (SSSR count). The molecule has 0 fully saturated rings. The third-order valence-corrected chi connectivity index (χ3v) is 2.35. The number of hydrogen-bond donors (Lipinski definition) is 0. The Morgan fingerprint density at radius 1 is 1.55 bits per heavy atom. The molecule has 0 bridgehead atoms. The molecule has 1 aromatic rings. The highest BCUT2D eigenvalue weighted by Gasteiger charge is 2.08. The summed E-state index contributed by atoms with van der Waals surface area (Å²) in [6.07, 6.45) is 0. The third-order valence-electron chi connectivity index (χ3n) is 1.16. The molecule has 1 aromatic carbocycles. The molecular weight excluding hydrogens is 279 g/mol. The number of nitriles is 1. The van der Waals surface area contributed by atoms with Gasteiger partial charge in [0.05, 0.1) is 5.02 Å². The lowest BCUT2D eigenvalue weighted by Crippen LogP contribution is -1.88. The van der Waals surface area contributed by atoms with Gasteiger partial charge in [-0.15, -0.1) is 0 Å². The Labute approximate surface area is 81.9 Å². The molecule has 0 radical (unpaired) electrons. The normalized spacial score (nSPS) is 9.27. The molecule has 0 spiro atoms. The van der Waals surface area contributed by atoms with Crippen molar-refractivity contribution in [1.82, 2.24) is 0 Å². The summed E-state index contributed by atoms with van der Waals surface area (Å²) in [6, 6.07) is 4.77. The van der Waals surface area contributed by atoms with Gasteiger partial charge in [-0.25, -0.2) is 4.39 Å². The van der Waals surface area contributed by atoms with Gasteiger partial charge in [0.2, 0.25) is 0 Å². The first-order valence-electron chi connectivity index (χ1n) is 2.70. The van der Waals surface area contributed by atoms with Crippen molar-refractivity contribution in [2.24, 2.45) is 0 Å². The van der Waals surface area contributed by atoms with E-state index in [1.165, 1.54) is 6.07 Å². The maximum Gasteiger partial charge on any atom is 0.160 e. The fraction of sp³-hybridized carbons (Fsp3) is 0. The van der Waals surface area contributed by atoms with Crippen molar-refractivity contribution in [1.29, 1.82) is 5.26 Å². The van der Waals surface area contributed by atoms with Gasteiger partial charge in [0, 0.05) is 3.57 Å². The Hall–Kier alpha value is -0.340. The summed E-state index contributed by atoms with van der Waals surface area (Å²) in [7, 11) is 0. The predicted molar refractivity (Wildman–Crippen MR) is 48.8 cm³/mol. The summed E-state index contributed by atoms with van der Waals surface area (Å²) in [5.41, 5.74) is 0.0121. The molecule has 0 unspecified atom stereocenters. The number of halogens is 3. The Morgan fingerprint density at radius 3 is 2.64 bits per heavy atom. The van der Waals surface area contributed by atoms with Crippen molar-refractivity contribution < 1.29 is 4.39 Å². The number of hydrogen-bond acceptors (Lipinski definition) is 1. The lowest BCUT2D eigenvalue weighted by atomic mass is 10.2. The standard InChI is InChI=1S/C7H2ClFIN/c8-5-1-2-6(10)4(3-11)7(5)9/h1-2H. The highest BCUT2D eigenvalue weighted by molar-refractivity contribution is 14.1. The van der Waals surface area contributed by atoms with E-state index in [0.717, 1.165) is 0 Å². The first kappa shape index (κ1) is 8.75. The van der Waals surface area contributed by atoms with Crippen LogP contribution >= 0.6 is 34.2 Å². The van der Waals surface area contributed by atoms with Gasteiger partial charge in [-0.1, -0.05) is 11.6 Å². The molecular formula is C7H2ClFIN. The Kier molecular flexibility index (Phi) is 2.68. The van der Waals surface area contributed by atoms with Crippen molar-refractivity contribution in [2.45, 2.75) is 0 Å². The minimum absolute atomic E-state index is 0.0121. The summed E-state index contributed by atoms with van der Waals surface area (Å²) in [5, 5.41) is 8.46. The zero-order valence-corrected chi connectivity index (χ0v) is 8.15. The zero-order chi connectivity index (χ0) is 8.43. The molecule has 56 valence electrons. The predicted octanol–water partition coefficient (Wildman–Crippen LogP) is 2.96. The van der Waals surface area contributed by atoms with E-state index in [1.54, 1.807) is 12.1 Å². The van der Waals surface area contributed by atoms with Gasteiger partial charge in [0.15, 0.2) is 5.82 Å². The first-order chi connectivity index (χ1) is 5.16. The van der Waals surface area contributed by atoms with E-state index in [9.17, 15) is 4.39 Å². The molecule has 0 heterocycles. The van der Waals surface area contributed by atoms with Crippen molar-refractivity contribution >= 4 is 34.2 Å². The summed E-state index contributed by atoms with van der Waals surface area (Å²) >= 11 is 7.32. The molecule has 0 saturated heterocycles. The molecule has 0 aliphatic heterocycles. The van der Waals surface area contributed by atoms with Crippen LogP contribution in [-0.4, -0.2) is 0 Å². The Balaban J connectivity index is 3.44. The van der Waals surface area contributed by atoms with E-state index in [2.05, 4.69) is 0 Å². The van der Waals surface area contributed by atoms with Gasteiger partial charge in [-0.2, -0.15) is 5.26 Å². The van der Waals surface area contributed by atoms with Crippen LogP contribution in [0.25, 0.3) is 0 Å². The fourth-order valence-corrected chi connectivity index (χ4v) is 1.32. The molecule has 0 N–H and O–H groups in total. The molecule has 0 aliphatic carbocycles. The Bertz CT molecular complexity index is 332. The zero-order valence-electron chi connectivity index (χ0n) is 5.24. The quantitative estimate of drug-likeness (QED) is 0.530. The summed E-state index contributed by atoms with van der Waals surface area (Å²) < 4.78 is 13.5. The van der Waals surface area contributed by atoms with Crippen LogP contribution < -0.4 is 0 Å². The highest BCUT2D eigenvalue weighted by Crippen LogP contribution is 2.21. The van der Waals surface area contributed by atoms with Crippen molar-refractivity contribution in [3.8, 4) is 6.07 Å². The van der Waals surface area contributed by atoms with Crippen LogP contribution in [0.3, 0.4) is 0 Å². The second-order valence-electron chi connectivity index (χ2n) is 1.83. The molecule has 0 aromatic heterocycles. The highest BCUT2D eigenvalue weighted by atomic mass is 127. The van der Waals surface area contributed by atoms with Gasteiger partial charge < -0.3 is 0 Å². The average Bonchev–Trinajstić information content (AvgIpc) is 1.99. The average molecular weight is 281 g/mol. The lowest BCUT2D eigenvalue weighted by Gasteiger charge is -1.97. The maximum atomic E-state index is 12.9. The van der Waals surface area contributed by atoms with Gasteiger partial charge in [-0.05, 0) is 34.7 Å². The van der Waals surface area contributed by atoms with Crippen LogP contribution in [0.15, 0.2) is 12.1 Å². The minimum Gasteiger partial charge on any atom is -0.204 e. The van der Waals surface area contributed by atoms with Crippen LogP contribution in [0.4, 0.5) is 4.39 Å². The number of benzene rings is 1. The largest absolute Gasteiger partial charge is 0.204 e. The van der Waals surface area contributed by atoms with Crippen LogP contribution in [0.1, 0.15) is 5.56 Å². The van der Waals surface area contributed by atoms with Gasteiger partial charge in [0.25, 0.3) is 0 Å². The van der Waals surface area contributed by atoms with E-state index < -0.39 is 5.82 Å².